The fourth-order valence-corrected chi connectivity index (χ4v) is 4.39. The molecule has 192 valence electrons. The first kappa shape index (κ1) is 24.8. The number of hydrogen-bond donors (Lipinski definition) is 3. The molecule has 1 heterocycles. The Labute approximate surface area is 220 Å². The van der Waals surface area contributed by atoms with Crippen molar-refractivity contribution in [2.24, 2.45) is 0 Å². The number of amides is 1. The Hall–Kier alpha value is -4.91. The lowest BCUT2D eigenvalue weighted by Gasteiger charge is -2.13. The largest absolute Gasteiger partial charge is 0.494 e. The molecule has 4 aromatic carbocycles. The van der Waals surface area contributed by atoms with Gasteiger partial charge in [-0.25, -0.2) is 0 Å². The summed E-state index contributed by atoms with van der Waals surface area (Å²) in [5.41, 5.74) is 3.53. The van der Waals surface area contributed by atoms with E-state index in [4.69, 9.17) is 9.47 Å². The van der Waals surface area contributed by atoms with E-state index in [-0.39, 0.29) is 30.6 Å². The fourth-order valence-electron chi connectivity index (χ4n) is 4.39. The standard InChI is InChI=1S/C31H28N2O5/c1-37-28-19-23(14-15-27(28)38-20-21-8-3-2-4-9-21)22-10-7-11-24(18-22)32-29(34)16-17-33-30(35)25-12-5-6-13-26(25)31(33)36/h2-15,18-19,35-36H,16-17,20H2,1H3,(H,32,34). The van der Waals surface area contributed by atoms with E-state index in [2.05, 4.69) is 5.32 Å². The molecule has 7 nitrogen and oxygen atoms in total. The molecule has 0 saturated heterocycles. The second-order valence-corrected chi connectivity index (χ2v) is 8.86. The number of carbonyl (C=O) groups is 1. The van der Waals surface area contributed by atoms with E-state index in [0.717, 1.165) is 16.7 Å². The smallest absolute Gasteiger partial charge is 0.226 e. The maximum Gasteiger partial charge on any atom is 0.226 e. The summed E-state index contributed by atoms with van der Waals surface area (Å²) in [6.07, 6.45) is 0.0770. The molecule has 0 aliphatic heterocycles. The summed E-state index contributed by atoms with van der Waals surface area (Å²) in [6.45, 7) is 0.576. The Kier molecular flexibility index (Phi) is 7.17. The first-order chi connectivity index (χ1) is 18.5. The number of ether oxygens (including phenoxy) is 2. The predicted molar refractivity (Wildman–Crippen MR) is 148 cm³/mol. The van der Waals surface area contributed by atoms with Gasteiger partial charge in [0.2, 0.25) is 17.7 Å². The highest BCUT2D eigenvalue weighted by molar-refractivity contribution is 5.94. The lowest BCUT2D eigenvalue weighted by molar-refractivity contribution is -0.116. The summed E-state index contributed by atoms with van der Waals surface area (Å²) in [7, 11) is 1.61. The van der Waals surface area contributed by atoms with E-state index in [9.17, 15) is 15.0 Å². The van der Waals surface area contributed by atoms with Gasteiger partial charge in [-0.1, -0.05) is 60.7 Å². The van der Waals surface area contributed by atoms with E-state index >= 15 is 0 Å². The molecule has 38 heavy (non-hydrogen) atoms. The number of anilines is 1. The van der Waals surface area contributed by atoms with Gasteiger partial charge in [-0.2, -0.15) is 0 Å². The third-order valence-electron chi connectivity index (χ3n) is 6.36. The summed E-state index contributed by atoms with van der Waals surface area (Å²) in [4.78, 5) is 12.7. The van der Waals surface area contributed by atoms with Crippen molar-refractivity contribution in [2.45, 2.75) is 19.6 Å². The maximum absolute atomic E-state index is 12.7. The number of aromatic nitrogens is 1. The SMILES string of the molecule is COc1cc(-c2cccc(NC(=O)CCn3c(O)c4ccccc4c3O)c2)ccc1OCc1ccccc1. The van der Waals surface area contributed by atoms with Gasteiger partial charge in [-0.3, -0.25) is 9.36 Å². The number of benzene rings is 4. The van der Waals surface area contributed by atoms with Gasteiger partial charge in [0.1, 0.15) is 6.61 Å². The lowest BCUT2D eigenvalue weighted by Crippen LogP contribution is -2.14. The van der Waals surface area contributed by atoms with E-state index < -0.39 is 0 Å². The number of nitrogens with one attached hydrogen (secondary N) is 1. The minimum absolute atomic E-state index is 0.0574. The number of methoxy groups -OCH3 is 1. The molecule has 1 aromatic heterocycles. The normalized spacial score (nSPS) is 10.9. The Morgan fingerprint density at radius 1 is 0.789 bits per heavy atom. The highest BCUT2D eigenvalue weighted by atomic mass is 16.5. The van der Waals surface area contributed by atoms with Gasteiger partial charge < -0.3 is 25.0 Å². The van der Waals surface area contributed by atoms with Gasteiger partial charge in [-0.05, 0) is 53.1 Å². The molecule has 0 aliphatic carbocycles. The quantitative estimate of drug-likeness (QED) is 0.216. The molecule has 0 radical (unpaired) electrons. The van der Waals surface area contributed by atoms with Crippen LogP contribution in [0.1, 0.15) is 12.0 Å². The maximum atomic E-state index is 12.7. The van der Waals surface area contributed by atoms with Crippen LogP contribution in [0.25, 0.3) is 21.9 Å². The van der Waals surface area contributed by atoms with Gasteiger partial charge in [-0.15, -0.1) is 0 Å². The molecule has 0 bridgehead atoms. The summed E-state index contributed by atoms with van der Waals surface area (Å²) >= 11 is 0. The number of hydrogen-bond acceptors (Lipinski definition) is 5. The fraction of sp³-hybridized carbons (Fsp3) is 0.129. The molecule has 0 spiro atoms. The molecular weight excluding hydrogens is 480 g/mol. The third kappa shape index (κ3) is 5.27. The molecule has 5 aromatic rings. The highest BCUT2D eigenvalue weighted by Crippen LogP contribution is 2.36. The molecule has 7 heteroatoms. The van der Waals surface area contributed by atoms with Crippen molar-refractivity contribution in [3.8, 4) is 34.4 Å². The molecule has 3 N–H and O–H groups in total. The predicted octanol–water partition coefficient (Wildman–Crippen LogP) is 6.34. The Morgan fingerprint density at radius 2 is 1.47 bits per heavy atom. The molecule has 5 rings (SSSR count). The minimum atomic E-state index is -0.235. The van der Waals surface area contributed by atoms with Crippen LogP contribution < -0.4 is 14.8 Å². The molecule has 0 unspecified atom stereocenters. The first-order valence-corrected chi connectivity index (χ1v) is 12.3. The highest BCUT2D eigenvalue weighted by Gasteiger charge is 2.16. The van der Waals surface area contributed by atoms with Crippen molar-refractivity contribution < 1.29 is 24.5 Å². The Morgan fingerprint density at radius 3 is 2.18 bits per heavy atom. The van der Waals surface area contributed by atoms with Crippen molar-refractivity contribution in [1.82, 2.24) is 4.57 Å². The van der Waals surface area contributed by atoms with Gasteiger partial charge in [0.05, 0.1) is 7.11 Å². The monoisotopic (exact) mass is 508 g/mol. The number of nitrogens with zero attached hydrogens (tertiary/aromatic N) is 1. The van der Waals surface area contributed by atoms with Crippen LogP contribution in [0, 0.1) is 0 Å². The van der Waals surface area contributed by atoms with E-state index in [1.807, 2.05) is 72.8 Å². The molecule has 0 saturated carbocycles. The number of fused-ring (bicyclic) bond motifs is 1. The van der Waals surface area contributed by atoms with Gasteiger partial charge in [0.15, 0.2) is 11.5 Å². The molecular formula is C31H28N2O5. The second kappa shape index (κ2) is 11.0. The number of carbonyl (C=O) groups excluding carboxylic acids is 1. The van der Waals surface area contributed by atoms with Gasteiger partial charge >= 0.3 is 0 Å². The summed E-state index contributed by atoms with van der Waals surface area (Å²) in [5.74, 6) is 0.914. The van der Waals surface area contributed by atoms with Crippen molar-refractivity contribution in [2.75, 3.05) is 12.4 Å². The molecule has 0 aliphatic rings. The van der Waals surface area contributed by atoms with Crippen LogP contribution in [0.5, 0.6) is 23.3 Å². The van der Waals surface area contributed by atoms with Gasteiger partial charge in [0, 0.05) is 29.4 Å². The summed E-state index contributed by atoms with van der Waals surface area (Å²) < 4.78 is 12.9. The van der Waals surface area contributed by atoms with Crippen LogP contribution in [0.2, 0.25) is 0 Å². The number of rotatable bonds is 9. The van der Waals surface area contributed by atoms with Crippen LogP contribution in [-0.4, -0.2) is 27.8 Å². The van der Waals surface area contributed by atoms with E-state index in [0.29, 0.717) is 34.6 Å². The van der Waals surface area contributed by atoms with Crippen molar-refractivity contribution in [3.63, 3.8) is 0 Å². The van der Waals surface area contributed by atoms with Crippen molar-refractivity contribution >= 4 is 22.4 Å². The topological polar surface area (TPSA) is 93.0 Å². The molecule has 1 amide bonds. The zero-order chi connectivity index (χ0) is 26.5. The lowest BCUT2D eigenvalue weighted by atomic mass is 10.0. The van der Waals surface area contributed by atoms with E-state index in [1.54, 1.807) is 31.4 Å². The minimum Gasteiger partial charge on any atom is -0.494 e. The van der Waals surface area contributed by atoms with Crippen molar-refractivity contribution in [1.29, 1.82) is 0 Å². The zero-order valence-corrected chi connectivity index (χ0v) is 20.9. The van der Waals surface area contributed by atoms with E-state index in [1.165, 1.54) is 4.57 Å². The van der Waals surface area contributed by atoms with Crippen LogP contribution >= 0.6 is 0 Å². The first-order valence-electron chi connectivity index (χ1n) is 12.3. The van der Waals surface area contributed by atoms with Crippen LogP contribution in [0.3, 0.4) is 0 Å². The Bertz CT molecular complexity index is 1540. The summed E-state index contributed by atoms with van der Waals surface area (Å²) in [5, 5.41) is 24.9. The average molecular weight is 509 g/mol. The van der Waals surface area contributed by atoms with Crippen LogP contribution in [-0.2, 0) is 17.9 Å². The van der Waals surface area contributed by atoms with Crippen molar-refractivity contribution in [3.05, 3.63) is 103 Å². The summed E-state index contributed by atoms with van der Waals surface area (Å²) in [6, 6.07) is 30.2. The number of aromatic hydroxyl groups is 2. The average Bonchev–Trinajstić information content (AvgIpc) is 3.20. The van der Waals surface area contributed by atoms with Crippen LogP contribution in [0.4, 0.5) is 5.69 Å². The molecule has 0 atom stereocenters. The second-order valence-electron chi connectivity index (χ2n) is 8.86. The zero-order valence-electron chi connectivity index (χ0n) is 20.9. The Balaban J connectivity index is 1.25. The van der Waals surface area contributed by atoms with Crippen LogP contribution in [0.15, 0.2) is 97.1 Å². The van der Waals surface area contributed by atoms with Gasteiger partial charge in [0.25, 0.3) is 0 Å². The molecule has 0 fully saturated rings. The third-order valence-corrected chi connectivity index (χ3v) is 6.36.